The Morgan fingerprint density at radius 1 is 1.40 bits per heavy atom. The first-order valence-corrected chi connectivity index (χ1v) is 6.35. The van der Waals surface area contributed by atoms with Crippen molar-refractivity contribution in [3.63, 3.8) is 0 Å². The normalized spacial score (nSPS) is 26.7. The molecule has 1 fully saturated rings. The first-order valence-electron chi connectivity index (χ1n) is 6.35. The summed E-state index contributed by atoms with van der Waals surface area (Å²) in [7, 11) is 0. The lowest BCUT2D eigenvalue weighted by molar-refractivity contribution is 0.250. The van der Waals surface area contributed by atoms with Crippen LogP contribution in [0.1, 0.15) is 45.4 Å². The minimum Gasteiger partial charge on any atom is -0.325 e. The SMILES string of the molecule is CC1=CCCN(CCC2(N)CCCC2)C1. The van der Waals surface area contributed by atoms with E-state index in [2.05, 4.69) is 17.9 Å². The average molecular weight is 208 g/mol. The van der Waals surface area contributed by atoms with Crippen molar-refractivity contribution in [1.29, 1.82) is 0 Å². The third-order valence-corrected chi connectivity index (χ3v) is 3.94. The van der Waals surface area contributed by atoms with Crippen LogP contribution in [-0.4, -0.2) is 30.1 Å². The van der Waals surface area contributed by atoms with Gasteiger partial charge in [0.1, 0.15) is 0 Å². The Kier molecular flexibility index (Phi) is 3.47. The summed E-state index contributed by atoms with van der Waals surface area (Å²) in [5.41, 5.74) is 8.07. The standard InChI is InChI=1S/C13H24N2/c1-12-5-4-9-15(11-12)10-8-13(14)6-2-3-7-13/h5H,2-4,6-11,14H2,1H3. The molecule has 0 amide bonds. The van der Waals surface area contributed by atoms with E-state index in [9.17, 15) is 0 Å². The van der Waals surface area contributed by atoms with Crippen molar-refractivity contribution < 1.29 is 0 Å². The van der Waals surface area contributed by atoms with E-state index in [-0.39, 0.29) is 5.54 Å². The van der Waals surface area contributed by atoms with E-state index in [4.69, 9.17) is 5.73 Å². The molecule has 0 radical (unpaired) electrons. The fourth-order valence-corrected chi connectivity index (χ4v) is 2.89. The summed E-state index contributed by atoms with van der Waals surface area (Å²) in [4.78, 5) is 2.56. The molecule has 1 heterocycles. The second-order valence-corrected chi connectivity index (χ2v) is 5.43. The van der Waals surface area contributed by atoms with Crippen molar-refractivity contribution in [2.24, 2.45) is 5.73 Å². The predicted octanol–water partition coefficient (Wildman–Crippen LogP) is 2.30. The van der Waals surface area contributed by atoms with Crippen LogP contribution in [-0.2, 0) is 0 Å². The first kappa shape index (κ1) is 11.2. The molecule has 1 saturated carbocycles. The van der Waals surface area contributed by atoms with Gasteiger partial charge in [-0.3, -0.25) is 4.90 Å². The number of nitrogens with zero attached hydrogens (tertiary/aromatic N) is 1. The van der Waals surface area contributed by atoms with Gasteiger partial charge < -0.3 is 5.73 Å². The zero-order valence-corrected chi connectivity index (χ0v) is 9.97. The number of rotatable bonds is 3. The molecule has 15 heavy (non-hydrogen) atoms. The highest BCUT2D eigenvalue weighted by atomic mass is 15.1. The van der Waals surface area contributed by atoms with Crippen LogP contribution in [0.15, 0.2) is 11.6 Å². The lowest BCUT2D eigenvalue weighted by Gasteiger charge is -2.30. The molecule has 2 nitrogen and oxygen atoms in total. The molecule has 1 aliphatic carbocycles. The highest BCUT2D eigenvalue weighted by Gasteiger charge is 2.29. The molecule has 0 bridgehead atoms. The van der Waals surface area contributed by atoms with E-state index in [1.807, 2.05) is 0 Å². The van der Waals surface area contributed by atoms with Crippen molar-refractivity contribution in [2.75, 3.05) is 19.6 Å². The van der Waals surface area contributed by atoms with Crippen LogP contribution in [0.3, 0.4) is 0 Å². The maximum atomic E-state index is 6.37. The summed E-state index contributed by atoms with van der Waals surface area (Å²) in [6.07, 6.45) is 9.96. The summed E-state index contributed by atoms with van der Waals surface area (Å²) < 4.78 is 0. The van der Waals surface area contributed by atoms with E-state index in [0.717, 1.165) is 6.54 Å². The Bertz CT molecular complexity index is 239. The topological polar surface area (TPSA) is 29.3 Å². The van der Waals surface area contributed by atoms with E-state index < -0.39 is 0 Å². The maximum absolute atomic E-state index is 6.37. The molecule has 2 aliphatic rings. The first-order chi connectivity index (χ1) is 7.18. The summed E-state index contributed by atoms with van der Waals surface area (Å²) in [5.74, 6) is 0. The largest absolute Gasteiger partial charge is 0.325 e. The third kappa shape index (κ3) is 3.05. The highest BCUT2D eigenvalue weighted by molar-refractivity contribution is 5.04. The molecule has 2 N–H and O–H groups in total. The van der Waals surface area contributed by atoms with Gasteiger partial charge in [-0.15, -0.1) is 0 Å². The number of hydrogen-bond acceptors (Lipinski definition) is 2. The number of nitrogens with two attached hydrogens (primary N) is 1. The monoisotopic (exact) mass is 208 g/mol. The molecule has 0 aromatic rings. The van der Waals surface area contributed by atoms with Gasteiger partial charge in [0.25, 0.3) is 0 Å². The number of hydrogen-bond donors (Lipinski definition) is 1. The van der Waals surface area contributed by atoms with Crippen LogP contribution in [0, 0.1) is 0 Å². The van der Waals surface area contributed by atoms with Crippen LogP contribution >= 0.6 is 0 Å². The molecular formula is C13H24N2. The van der Waals surface area contributed by atoms with Gasteiger partial charge in [-0.2, -0.15) is 0 Å². The molecular weight excluding hydrogens is 184 g/mol. The maximum Gasteiger partial charge on any atom is 0.0190 e. The predicted molar refractivity (Wildman–Crippen MR) is 64.8 cm³/mol. The fourth-order valence-electron chi connectivity index (χ4n) is 2.89. The van der Waals surface area contributed by atoms with Gasteiger partial charge in [-0.05, 0) is 32.6 Å². The Morgan fingerprint density at radius 2 is 2.13 bits per heavy atom. The smallest absolute Gasteiger partial charge is 0.0190 e. The molecule has 0 spiro atoms. The molecule has 0 aromatic carbocycles. The third-order valence-electron chi connectivity index (χ3n) is 3.94. The van der Waals surface area contributed by atoms with Crippen LogP contribution < -0.4 is 5.73 Å². The molecule has 0 saturated heterocycles. The second kappa shape index (κ2) is 4.67. The fraction of sp³-hybridized carbons (Fsp3) is 0.846. The molecule has 86 valence electrons. The quantitative estimate of drug-likeness (QED) is 0.721. The zero-order chi connectivity index (χ0) is 10.7. The van der Waals surface area contributed by atoms with E-state index in [1.165, 1.54) is 57.2 Å². The highest BCUT2D eigenvalue weighted by Crippen LogP contribution is 2.30. The molecule has 0 unspecified atom stereocenters. The Hall–Kier alpha value is -0.340. The van der Waals surface area contributed by atoms with E-state index >= 15 is 0 Å². The van der Waals surface area contributed by atoms with Crippen molar-refractivity contribution in [3.8, 4) is 0 Å². The second-order valence-electron chi connectivity index (χ2n) is 5.43. The van der Waals surface area contributed by atoms with Gasteiger partial charge >= 0.3 is 0 Å². The molecule has 0 atom stereocenters. The molecule has 0 aromatic heterocycles. The van der Waals surface area contributed by atoms with Gasteiger partial charge in [0.05, 0.1) is 0 Å². The molecule has 2 heteroatoms. The summed E-state index contributed by atoms with van der Waals surface area (Å²) in [5, 5.41) is 0. The molecule has 2 rings (SSSR count). The lowest BCUT2D eigenvalue weighted by Crippen LogP contribution is -2.41. The minimum absolute atomic E-state index is 0.176. The molecule has 1 aliphatic heterocycles. The van der Waals surface area contributed by atoms with E-state index in [0.29, 0.717) is 0 Å². The van der Waals surface area contributed by atoms with Crippen molar-refractivity contribution in [1.82, 2.24) is 4.90 Å². The zero-order valence-electron chi connectivity index (χ0n) is 9.97. The summed E-state index contributed by atoms with van der Waals surface area (Å²) >= 11 is 0. The average Bonchev–Trinajstić information content (AvgIpc) is 2.63. The summed E-state index contributed by atoms with van der Waals surface area (Å²) in [6.45, 7) is 5.82. The van der Waals surface area contributed by atoms with Gasteiger partial charge in [-0.1, -0.05) is 24.5 Å². The van der Waals surface area contributed by atoms with Gasteiger partial charge in [0, 0.05) is 25.2 Å². The van der Waals surface area contributed by atoms with Crippen LogP contribution in [0.5, 0.6) is 0 Å². The van der Waals surface area contributed by atoms with E-state index in [1.54, 1.807) is 0 Å². The van der Waals surface area contributed by atoms with Gasteiger partial charge in [0.2, 0.25) is 0 Å². The van der Waals surface area contributed by atoms with Crippen molar-refractivity contribution >= 4 is 0 Å². The van der Waals surface area contributed by atoms with Crippen LogP contribution in [0.4, 0.5) is 0 Å². The van der Waals surface area contributed by atoms with Gasteiger partial charge in [-0.25, -0.2) is 0 Å². The lowest BCUT2D eigenvalue weighted by atomic mass is 9.94. The Balaban J connectivity index is 1.76. The van der Waals surface area contributed by atoms with Crippen molar-refractivity contribution in [3.05, 3.63) is 11.6 Å². The summed E-state index contributed by atoms with van der Waals surface area (Å²) in [6, 6.07) is 0. The van der Waals surface area contributed by atoms with Crippen molar-refractivity contribution in [2.45, 2.75) is 51.0 Å². The Morgan fingerprint density at radius 3 is 2.80 bits per heavy atom. The van der Waals surface area contributed by atoms with Crippen LogP contribution in [0.25, 0.3) is 0 Å². The Labute approximate surface area is 93.5 Å². The minimum atomic E-state index is 0.176. The van der Waals surface area contributed by atoms with Gasteiger partial charge in [0.15, 0.2) is 0 Å². The van der Waals surface area contributed by atoms with Crippen LogP contribution in [0.2, 0.25) is 0 Å².